The lowest BCUT2D eigenvalue weighted by Gasteiger charge is -2.56. The van der Waals surface area contributed by atoms with Gasteiger partial charge in [-0.2, -0.15) is 0 Å². The number of urea groups is 1. The zero-order valence-electron chi connectivity index (χ0n) is 15.1. The molecule has 1 atom stereocenters. The van der Waals surface area contributed by atoms with Crippen molar-refractivity contribution in [3.05, 3.63) is 0 Å². The summed E-state index contributed by atoms with van der Waals surface area (Å²) >= 11 is 0. The summed E-state index contributed by atoms with van der Waals surface area (Å²) in [6.07, 6.45) is 7.95. The minimum atomic E-state index is -0.766. The Morgan fingerprint density at radius 1 is 1.00 bits per heavy atom. The fourth-order valence-corrected chi connectivity index (χ4v) is 5.79. The number of hydrogen-bond acceptors (Lipinski definition) is 3. The van der Waals surface area contributed by atoms with Crippen LogP contribution in [0.5, 0.6) is 0 Å². The Kier molecular flexibility index (Phi) is 4.93. The second kappa shape index (κ2) is 6.84. The maximum absolute atomic E-state index is 12.4. The summed E-state index contributed by atoms with van der Waals surface area (Å²) < 4.78 is 0. The van der Waals surface area contributed by atoms with Crippen molar-refractivity contribution in [1.29, 1.82) is 0 Å². The Morgan fingerprint density at radius 3 is 1.96 bits per heavy atom. The molecule has 4 saturated carbocycles. The van der Waals surface area contributed by atoms with Crippen molar-refractivity contribution in [2.24, 2.45) is 34.8 Å². The van der Waals surface area contributed by atoms with Crippen LogP contribution in [-0.4, -0.2) is 23.9 Å². The summed E-state index contributed by atoms with van der Waals surface area (Å²) in [4.78, 5) is 35.6. The van der Waals surface area contributed by atoms with Crippen LogP contribution in [0.2, 0.25) is 0 Å². The molecule has 0 heterocycles. The molecule has 0 radical (unpaired) electrons. The Hall–Kier alpha value is -1.79. The quantitative estimate of drug-likeness (QED) is 0.563. The van der Waals surface area contributed by atoms with Gasteiger partial charge in [0.2, 0.25) is 5.91 Å². The van der Waals surface area contributed by atoms with Gasteiger partial charge in [-0.15, -0.1) is 0 Å². The zero-order chi connectivity index (χ0) is 18.2. The first-order valence-electron chi connectivity index (χ1n) is 9.41. The number of nitrogens with one attached hydrogen (secondary N) is 3. The SMILES string of the molecule is CC(C)[C@H](NC(N)=O)C(=O)NNC(=O)CC12CC3CC(CC(C3)C1)C2. The molecule has 0 aromatic heterocycles. The third-order valence-corrected chi connectivity index (χ3v) is 6.27. The predicted octanol–water partition coefficient (Wildman–Crippen LogP) is 1.43. The second-order valence-corrected chi connectivity index (χ2v) is 8.86. The molecule has 7 nitrogen and oxygen atoms in total. The molecule has 7 heteroatoms. The molecule has 140 valence electrons. The van der Waals surface area contributed by atoms with E-state index in [4.69, 9.17) is 5.73 Å². The van der Waals surface area contributed by atoms with Crippen molar-refractivity contribution in [3.8, 4) is 0 Å². The summed E-state index contributed by atoms with van der Waals surface area (Å²) in [6.45, 7) is 3.61. The van der Waals surface area contributed by atoms with E-state index in [2.05, 4.69) is 16.2 Å². The first kappa shape index (κ1) is 18.0. The molecule has 4 aliphatic carbocycles. The van der Waals surface area contributed by atoms with E-state index in [-0.39, 0.29) is 17.2 Å². The molecule has 0 unspecified atom stereocenters. The molecular weight excluding hydrogens is 320 g/mol. The smallest absolute Gasteiger partial charge is 0.312 e. The van der Waals surface area contributed by atoms with E-state index in [1.807, 2.05) is 0 Å². The van der Waals surface area contributed by atoms with Crippen molar-refractivity contribution in [1.82, 2.24) is 16.2 Å². The van der Waals surface area contributed by atoms with Crippen molar-refractivity contribution >= 4 is 17.8 Å². The monoisotopic (exact) mass is 350 g/mol. The van der Waals surface area contributed by atoms with Crippen molar-refractivity contribution in [2.75, 3.05) is 0 Å². The van der Waals surface area contributed by atoms with E-state index >= 15 is 0 Å². The van der Waals surface area contributed by atoms with Crippen LogP contribution >= 0.6 is 0 Å². The Labute approximate surface area is 148 Å². The summed E-state index contributed by atoms with van der Waals surface area (Å²) in [7, 11) is 0. The molecule has 4 fully saturated rings. The largest absolute Gasteiger partial charge is 0.352 e. The average molecular weight is 350 g/mol. The standard InChI is InChI=1S/C18H30N4O3/c1-10(2)15(20-17(19)25)16(24)22-21-14(23)9-18-6-11-3-12(7-18)5-13(4-11)8-18/h10-13,15H,3-9H2,1-2H3,(H,21,23)(H,22,24)(H3,19,20,25)/t11?,12?,13?,15-,18?/m0/s1. The lowest BCUT2D eigenvalue weighted by atomic mass is 9.49. The van der Waals surface area contributed by atoms with Crippen LogP contribution in [-0.2, 0) is 9.59 Å². The molecule has 4 bridgehead atoms. The van der Waals surface area contributed by atoms with Crippen LogP contribution in [0.1, 0.15) is 58.8 Å². The Balaban J connectivity index is 1.51. The van der Waals surface area contributed by atoms with Crippen LogP contribution in [0, 0.1) is 29.1 Å². The lowest BCUT2D eigenvalue weighted by Crippen LogP contribution is -2.56. The van der Waals surface area contributed by atoms with E-state index in [1.54, 1.807) is 13.8 Å². The Morgan fingerprint density at radius 2 is 1.52 bits per heavy atom. The van der Waals surface area contributed by atoms with Gasteiger partial charge in [0.25, 0.3) is 5.91 Å². The maximum atomic E-state index is 12.4. The average Bonchev–Trinajstić information content (AvgIpc) is 2.48. The van der Waals surface area contributed by atoms with Crippen LogP contribution in [0.3, 0.4) is 0 Å². The second-order valence-electron chi connectivity index (χ2n) is 8.86. The summed E-state index contributed by atoms with van der Waals surface area (Å²) in [6, 6.07) is -1.52. The number of amides is 4. The first-order valence-corrected chi connectivity index (χ1v) is 9.41. The van der Waals surface area contributed by atoms with Crippen molar-refractivity contribution in [3.63, 3.8) is 0 Å². The molecule has 4 rings (SSSR count). The van der Waals surface area contributed by atoms with Crippen LogP contribution in [0.15, 0.2) is 0 Å². The van der Waals surface area contributed by atoms with Gasteiger partial charge in [-0.05, 0) is 67.6 Å². The highest BCUT2D eigenvalue weighted by Gasteiger charge is 2.51. The summed E-state index contributed by atoms with van der Waals surface area (Å²) in [5, 5.41) is 2.40. The van der Waals surface area contributed by atoms with Gasteiger partial charge in [0.15, 0.2) is 0 Å². The number of carbonyl (C=O) groups is 3. The minimum absolute atomic E-state index is 0.131. The minimum Gasteiger partial charge on any atom is -0.352 e. The molecule has 0 saturated heterocycles. The van der Waals surface area contributed by atoms with E-state index in [0.717, 1.165) is 37.0 Å². The fourth-order valence-electron chi connectivity index (χ4n) is 5.79. The van der Waals surface area contributed by atoms with Crippen LogP contribution in [0.4, 0.5) is 4.79 Å². The molecule has 4 aliphatic rings. The molecular formula is C18H30N4O3. The van der Waals surface area contributed by atoms with Gasteiger partial charge in [-0.1, -0.05) is 13.8 Å². The van der Waals surface area contributed by atoms with Crippen molar-refractivity contribution < 1.29 is 14.4 Å². The number of nitrogens with two attached hydrogens (primary N) is 1. The number of carbonyl (C=O) groups excluding carboxylic acids is 3. The van der Waals surface area contributed by atoms with Gasteiger partial charge in [0.05, 0.1) is 0 Å². The Bertz CT molecular complexity index is 525. The van der Waals surface area contributed by atoms with Gasteiger partial charge in [-0.25, -0.2) is 4.79 Å². The molecule has 5 N–H and O–H groups in total. The van der Waals surface area contributed by atoms with E-state index in [1.165, 1.54) is 19.3 Å². The molecule has 0 aromatic rings. The summed E-state index contributed by atoms with van der Waals surface area (Å²) in [5.74, 6) is 1.65. The molecule has 25 heavy (non-hydrogen) atoms. The molecule has 0 spiro atoms. The van der Waals surface area contributed by atoms with E-state index < -0.39 is 18.0 Å². The molecule has 0 aliphatic heterocycles. The lowest BCUT2D eigenvalue weighted by molar-refractivity contribution is -0.135. The summed E-state index contributed by atoms with van der Waals surface area (Å²) in [5.41, 5.74) is 10.2. The number of primary amides is 1. The molecule has 0 aromatic carbocycles. The molecule has 4 amide bonds. The van der Waals surface area contributed by atoms with Gasteiger partial charge in [0, 0.05) is 6.42 Å². The van der Waals surface area contributed by atoms with E-state index in [0.29, 0.717) is 6.42 Å². The van der Waals surface area contributed by atoms with Gasteiger partial charge in [0.1, 0.15) is 6.04 Å². The van der Waals surface area contributed by atoms with Crippen LogP contribution in [0.25, 0.3) is 0 Å². The predicted molar refractivity (Wildman–Crippen MR) is 92.9 cm³/mol. The van der Waals surface area contributed by atoms with Crippen molar-refractivity contribution in [2.45, 2.75) is 64.8 Å². The zero-order valence-corrected chi connectivity index (χ0v) is 15.1. The third kappa shape index (κ3) is 4.07. The highest BCUT2D eigenvalue weighted by atomic mass is 16.2. The number of rotatable bonds is 5. The van der Waals surface area contributed by atoms with Gasteiger partial charge >= 0.3 is 6.03 Å². The first-order chi connectivity index (χ1) is 11.8. The third-order valence-electron chi connectivity index (χ3n) is 6.27. The maximum Gasteiger partial charge on any atom is 0.312 e. The highest BCUT2D eigenvalue weighted by molar-refractivity contribution is 5.88. The fraction of sp³-hybridized carbons (Fsp3) is 0.833. The van der Waals surface area contributed by atoms with Crippen LogP contribution < -0.4 is 21.9 Å². The normalized spacial score (nSPS) is 33.8. The number of hydrazine groups is 1. The number of hydrogen-bond donors (Lipinski definition) is 4. The highest BCUT2D eigenvalue weighted by Crippen LogP contribution is 2.61. The van der Waals surface area contributed by atoms with E-state index in [9.17, 15) is 14.4 Å². The van der Waals surface area contributed by atoms with Gasteiger partial charge in [-0.3, -0.25) is 20.4 Å². The van der Waals surface area contributed by atoms with Gasteiger partial charge < -0.3 is 11.1 Å². The topological polar surface area (TPSA) is 113 Å².